The molecule has 1 heterocycles. The topological polar surface area (TPSA) is 67.3 Å². The molecule has 1 N–H and O–H groups in total. The lowest BCUT2D eigenvalue weighted by molar-refractivity contribution is 0.0689. The smallest absolute Gasteiger partial charge is 0.358 e. The summed E-state index contributed by atoms with van der Waals surface area (Å²) in [5, 5.41) is 10.3. The second-order valence-corrected chi connectivity index (χ2v) is 4.58. The van der Waals surface area contributed by atoms with Crippen LogP contribution in [0.4, 0.5) is 0 Å². The Morgan fingerprint density at radius 3 is 2.33 bits per heavy atom. The van der Waals surface area contributed by atoms with Gasteiger partial charge >= 0.3 is 5.97 Å². The molecule has 0 aliphatic rings. The first kappa shape index (κ1) is 13.0. The maximum Gasteiger partial charge on any atom is 0.358 e. The zero-order valence-electron chi connectivity index (χ0n) is 11.0. The van der Waals surface area contributed by atoms with Crippen molar-refractivity contribution < 1.29 is 9.90 Å². The molecule has 4 heteroatoms. The third-order valence-corrected chi connectivity index (χ3v) is 3.22. The Morgan fingerprint density at radius 2 is 1.62 bits per heavy atom. The Bertz CT molecular complexity index is 889. The van der Waals surface area contributed by atoms with Gasteiger partial charge in [0.1, 0.15) is 0 Å². The largest absolute Gasteiger partial charge is 0.476 e. The van der Waals surface area contributed by atoms with Gasteiger partial charge in [0.05, 0.1) is 5.69 Å². The summed E-state index contributed by atoms with van der Waals surface area (Å²) in [4.78, 5) is 27.7. The molecule has 0 saturated carbocycles. The number of fused-ring (bicyclic) bond motifs is 1. The maximum absolute atomic E-state index is 12.3. The van der Waals surface area contributed by atoms with E-state index in [1.807, 2.05) is 30.3 Å². The number of aromatic carboxylic acids is 1. The molecule has 21 heavy (non-hydrogen) atoms. The zero-order chi connectivity index (χ0) is 14.8. The number of hydrogen-bond donors (Lipinski definition) is 1. The lowest BCUT2D eigenvalue weighted by Gasteiger charge is -1.97. The number of hydrogen-bond acceptors (Lipinski definition) is 3. The minimum Gasteiger partial charge on any atom is -0.476 e. The van der Waals surface area contributed by atoms with Gasteiger partial charge in [0.25, 0.3) is 0 Å². The predicted octanol–water partition coefficient (Wildman–Crippen LogP) is 2.96. The molecule has 1 aromatic heterocycles. The van der Waals surface area contributed by atoms with Crippen LogP contribution in [0.1, 0.15) is 10.5 Å². The van der Waals surface area contributed by atoms with Crippen molar-refractivity contribution in [2.24, 2.45) is 0 Å². The minimum atomic E-state index is -1.32. The van der Waals surface area contributed by atoms with Crippen LogP contribution in [-0.2, 0) is 0 Å². The lowest BCUT2D eigenvalue weighted by atomic mass is 10.1. The summed E-state index contributed by atoms with van der Waals surface area (Å²) in [7, 11) is 0. The van der Waals surface area contributed by atoms with Crippen molar-refractivity contribution in [3.05, 3.63) is 76.6 Å². The van der Waals surface area contributed by atoms with Gasteiger partial charge in [-0.1, -0.05) is 54.6 Å². The van der Waals surface area contributed by atoms with Gasteiger partial charge in [-0.2, -0.15) is 0 Å². The SMILES string of the molecule is O=C(O)c1nc(-c2ccccc2)cc2ccccc2c1=O. The van der Waals surface area contributed by atoms with E-state index in [9.17, 15) is 14.7 Å². The number of carbonyl (C=O) groups is 1. The second kappa shape index (κ2) is 5.17. The third kappa shape index (κ3) is 2.39. The van der Waals surface area contributed by atoms with Crippen LogP contribution in [0.2, 0.25) is 0 Å². The molecule has 0 aliphatic carbocycles. The van der Waals surface area contributed by atoms with E-state index in [4.69, 9.17) is 0 Å². The molecule has 0 unspecified atom stereocenters. The minimum absolute atomic E-state index is 0.351. The fourth-order valence-corrected chi connectivity index (χ4v) is 2.21. The molecule has 2 aromatic carbocycles. The predicted molar refractivity (Wildman–Crippen MR) is 80.4 cm³/mol. The summed E-state index contributed by atoms with van der Waals surface area (Å²) < 4.78 is 0. The average Bonchev–Trinajstić information content (AvgIpc) is 2.66. The summed E-state index contributed by atoms with van der Waals surface area (Å²) in [5.41, 5.74) is 0.197. The fourth-order valence-electron chi connectivity index (χ4n) is 2.21. The van der Waals surface area contributed by atoms with E-state index in [-0.39, 0.29) is 0 Å². The molecule has 0 amide bonds. The number of carboxylic acids is 1. The Balaban J connectivity index is 2.45. The Morgan fingerprint density at radius 1 is 0.952 bits per heavy atom. The van der Waals surface area contributed by atoms with Crippen LogP contribution < -0.4 is 5.43 Å². The first-order valence-corrected chi connectivity index (χ1v) is 6.39. The molecule has 0 radical (unpaired) electrons. The van der Waals surface area contributed by atoms with Crippen molar-refractivity contribution in [2.75, 3.05) is 0 Å². The van der Waals surface area contributed by atoms with Crippen LogP contribution in [0.15, 0.2) is 65.5 Å². The highest BCUT2D eigenvalue weighted by atomic mass is 16.4. The Hall–Kier alpha value is -3.01. The highest BCUT2D eigenvalue weighted by Gasteiger charge is 2.14. The molecule has 4 nitrogen and oxygen atoms in total. The lowest BCUT2D eigenvalue weighted by Crippen LogP contribution is -2.14. The molecule has 0 fully saturated rings. The van der Waals surface area contributed by atoms with E-state index in [0.717, 1.165) is 5.56 Å². The summed E-state index contributed by atoms with van der Waals surface area (Å²) >= 11 is 0. The standard InChI is InChI=1S/C17H11NO3/c19-16-13-9-5-4-8-12(13)10-14(18-15(16)17(20)21)11-6-2-1-3-7-11/h1-10H,(H,20,21). The monoisotopic (exact) mass is 277 g/mol. The molecule has 0 aliphatic heterocycles. The first-order chi connectivity index (χ1) is 10.2. The van der Waals surface area contributed by atoms with Gasteiger partial charge in [0.15, 0.2) is 5.69 Å². The molecule has 0 atom stereocenters. The van der Waals surface area contributed by atoms with Crippen LogP contribution in [0.3, 0.4) is 0 Å². The first-order valence-electron chi connectivity index (χ1n) is 6.39. The van der Waals surface area contributed by atoms with Crippen LogP contribution in [0.25, 0.3) is 22.0 Å². The van der Waals surface area contributed by atoms with Crippen molar-refractivity contribution in [3.8, 4) is 11.3 Å². The van der Waals surface area contributed by atoms with Crippen LogP contribution in [0, 0.1) is 0 Å². The van der Waals surface area contributed by atoms with Gasteiger partial charge in [0.2, 0.25) is 5.43 Å². The number of aromatic nitrogens is 1. The Labute approximate surface area is 120 Å². The normalized spacial score (nSPS) is 10.5. The van der Waals surface area contributed by atoms with E-state index in [2.05, 4.69) is 4.98 Å². The third-order valence-electron chi connectivity index (χ3n) is 3.22. The highest BCUT2D eigenvalue weighted by molar-refractivity contribution is 5.92. The quantitative estimate of drug-likeness (QED) is 0.782. The molecular formula is C17H11NO3. The summed E-state index contributed by atoms with van der Waals surface area (Å²) in [6.45, 7) is 0. The van der Waals surface area contributed by atoms with E-state index in [0.29, 0.717) is 16.5 Å². The fraction of sp³-hybridized carbons (Fsp3) is 0. The van der Waals surface area contributed by atoms with Crippen molar-refractivity contribution >= 4 is 16.7 Å². The Kier molecular flexibility index (Phi) is 3.20. The maximum atomic E-state index is 12.3. The number of carboxylic acid groups (broad SMARTS) is 1. The number of nitrogens with zero attached hydrogens (tertiary/aromatic N) is 1. The van der Waals surface area contributed by atoms with Crippen LogP contribution in [0.5, 0.6) is 0 Å². The molecule has 0 saturated heterocycles. The van der Waals surface area contributed by atoms with Crippen molar-refractivity contribution in [3.63, 3.8) is 0 Å². The molecular weight excluding hydrogens is 266 g/mol. The number of rotatable bonds is 2. The summed E-state index contributed by atoms with van der Waals surface area (Å²) in [5.74, 6) is -1.32. The molecule has 0 spiro atoms. The van der Waals surface area contributed by atoms with Crippen molar-refractivity contribution in [2.45, 2.75) is 0 Å². The molecule has 3 aromatic rings. The van der Waals surface area contributed by atoms with E-state index in [1.165, 1.54) is 0 Å². The van der Waals surface area contributed by atoms with Gasteiger partial charge < -0.3 is 5.11 Å². The molecule has 102 valence electrons. The van der Waals surface area contributed by atoms with E-state index in [1.54, 1.807) is 30.3 Å². The van der Waals surface area contributed by atoms with Gasteiger partial charge in [-0.25, -0.2) is 9.78 Å². The van der Waals surface area contributed by atoms with Crippen molar-refractivity contribution in [1.29, 1.82) is 0 Å². The van der Waals surface area contributed by atoms with Gasteiger partial charge in [0, 0.05) is 10.9 Å². The molecule has 0 bridgehead atoms. The molecule has 3 rings (SSSR count). The average molecular weight is 277 g/mol. The van der Waals surface area contributed by atoms with Crippen LogP contribution in [-0.4, -0.2) is 16.1 Å². The van der Waals surface area contributed by atoms with Gasteiger partial charge in [-0.15, -0.1) is 0 Å². The second-order valence-electron chi connectivity index (χ2n) is 4.58. The highest BCUT2D eigenvalue weighted by Crippen LogP contribution is 2.19. The summed E-state index contributed by atoms with van der Waals surface area (Å²) in [6.07, 6.45) is 0. The van der Waals surface area contributed by atoms with Gasteiger partial charge in [-0.3, -0.25) is 4.79 Å². The van der Waals surface area contributed by atoms with E-state index < -0.39 is 17.1 Å². The van der Waals surface area contributed by atoms with Crippen LogP contribution >= 0.6 is 0 Å². The zero-order valence-corrected chi connectivity index (χ0v) is 11.0. The van der Waals surface area contributed by atoms with Crippen molar-refractivity contribution in [1.82, 2.24) is 4.98 Å². The summed E-state index contributed by atoms with van der Waals surface area (Å²) in [6, 6.07) is 17.8. The van der Waals surface area contributed by atoms with E-state index >= 15 is 0 Å². The van der Waals surface area contributed by atoms with Gasteiger partial charge in [-0.05, 0) is 11.5 Å². The number of benzene rings is 2.